The maximum absolute atomic E-state index is 10.2. The van der Waals surface area contributed by atoms with E-state index in [9.17, 15) is 15.3 Å². The SMILES string of the molecule is CCC1CC(O)C(OC2CC(O)CC(CO)O2)C(CO)O1. The molecule has 0 spiro atoms. The molecule has 21 heavy (non-hydrogen) atoms. The van der Waals surface area contributed by atoms with Crippen LogP contribution in [0.4, 0.5) is 0 Å². The summed E-state index contributed by atoms with van der Waals surface area (Å²) in [5.74, 6) is 0. The third kappa shape index (κ3) is 4.35. The molecule has 124 valence electrons. The average molecular weight is 306 g/mol. The molecule has 0 aliphatic carbocycles. The predicted molar refractivity (Wildman–Crippen MR) is 72.5 cm³/mol. The minimum Gasteiger partial charge on any atom is -0.394 e. The summed E-state index contributed by atoms with van der Waals surface area (Å²) < 4.78 is 16.9. The van der Waals surface area contributed by atoms with Gasteiger partial charge >= 0.3 is 0 Å². The van der Waals surface area contributed by atoms with Gasteiger partial charge in [0.15, 0.2) is 6.29 Å². The minimum absolute atomic E-state index is 0.0972. The Kier molecular flexibility index (Phi) is 6.36. The van der Waals surface area contributed by atoms with Gasteiger partial charge in [0.05, 0.1) is 37.6 Å². The highest BCUT2D eigenvalue weighted by Crippen LogP contribution is 2.28. The first-order chi connectivity index (χ1) is 10.1. The van der Waals surface area contributed by atoms with Gasteiger partial charge in [-0.05, 0) is 6.42 Å². The molecule has 7 heteroatoms. The largest absolute Gasteiger partial charge is 0.394 e. The van der Waals surface area contributed by atoms with Gasteiger partial charge in [-0.25, -0.2) is 0 Å². The average Bonchev–Trinajstić information content (AvgIpc) is 2.48. The summed E-state index contributed by atoms with van der Waals surface area (Å²) in [6, 6.07) is 0. The highest BCUT2D eigenvalue weighted by Gasteiger charge is 2.41. The topological polar surface area (TPSA) is 109 Å². The maximum Gasteiger partial charge on any atom is 0.161 e. The first-order valence-electron chi connectivity index (χ1n) is 7.61. The molecule has 2 saturated heterocycles. The van der Waals surface area contributed by atoms with Crippen molar-refractivity contribution < 1.29 is 34.6 Å². The zero-order valence-electron chi connectivity index (χ0n) is 12.3. The van der Waals surface area contributed by atoms with Crippen molar-refractivity contribution in [2.45, 2.75) is 75.5 Å². The summed E-state index contributed by atoms with van der Waals surface area (Å²) in [6.45, 7) is 1.51. The van der Waals surface area contributed by atoms with Gasteiger partial charge in [-0.15, -0.1) is 0 Å². The van der Waals surface area contributed by atoms with Gasteiger partial charge < -0.3 is 34.6 Å². The molecule has 2 fully saturated rings. The molecule has 0 aromatic rings. The molecule has 0 aromatic carbocycles. The van der Waals surface area contributed by atoms with Crippen LogP contribution < -0.4 is 0 Å². The summed E-state index contributed by atoms with van der Waals surface area (Å²) in [4.78, 5) is 0. The van der Waals surface area contributed by atoms with Crippen molar-refractivity contribution in [3.63, 3.8) is 0 Å². The number of ether oxygens (including phenoxy) is 3. The Balaban J connectivity index is 1.96. The van der Waals surface area contributed by atoms with Crippen LogP contribution >= 0.6 is 0 Å². The van der Waals surface area contributed by atoms with Crippen LogP contribution in [-0.4, -0.2) is 76.6 Å². The van der Waals surface area contributed by atoms with Crippen molar-refractivity contribution in [2.75, 3.05) is 13.2 Å². The lowest BCUT2D eigenvalue weighted by atomic mass is 9.96. The zero-order chi connectivity index (χ0) is 15.4. The second-order valence-electron chi connectivity index (χ2n) is 5.79. The monoisotopic (exact) mass is 306 g/mol. The fourth-order valence-corrected chi connectivity index (χ4v) is 2.95. The lowest BCUT2D eigenvalue weighted by molar-refractivity contribution is -0.286. The molecule has 0 bridgehead atoms. The number of hydrogen-bond acceptors (Lipinski definition) is 7. The van der Waals surface area contributed by atoms with Gasteiger partial charge in [-0.3, -0.25) is 0 Å². The van der Waals surface area contributed by atoms with Crippen molar-refractivity contribution >= 4 is 0 Å². The normalized spacial score (nSPS) is 44.7. The van der Waals surface area contributed by atoms with E-state index in [1.54, 1.807) is 0 Å². The Labute approximate surface area is 124 Å². The van der Waals surface area contributed by atoms with Crippen LogP contribution in [0.25, 0.3) is 0 Å². The molecule has 2 rings (SSSR count). The van der Waals surface area contributed by atoms with E-state index < -0.39 is 36.8 Å². The van der Waals surface area contributed by atoms with Crippen molar-refractivity contribution in [1.29, 1.82) is 0 Å². The molecular formula is C14H26O7. The molecule has 0 radical (unpaired) electrons. The molecule has 2 heterocycles. The van der Waals surface area contributed by atoms with Gasteiger partial charge in [0.1, 0.15) is 12.2 Å². The van der Waals surface area contributed by atoms with Crippen LogP contribution in [-0.2, 0) is 14.2 Å². The Bertz CT molecular complexity index is 314. The predicted octanol–water partition coefficient (Wildman–Crippen LogP) is -0.849. The lowest BCUT2D eigenvalue weighted by Gasteiger charge is -2.42. The van der Waals surface area contributed by atoms with Gasteiger partial charge in [-0.1, -0.05) is 6.92 Å². The van der Waals surface area contributed by atoms with E-state index in [-0.39, 0.29) is 25.7 Å². The lowest BCUT2D eigenvalue weighted by Crippen LogP contribution is -2.53. The van der Waals surface area contributed by atoms with E-state index in [0.29, 0.717) is 12.8 Å². The van der Waals surface area contributed by atoms with E-state index in [0.717, 1.165) is 6.42 Å². The molecule has 2 aliphatic rings. The second kappa shape index (κ2) is 7.82. The number of aliphatic hydroxyl groups excluding tert-OH is 4. The molecule has 7 nitrogen and oxygen atoms in total. The van der Waals surface area contributed by atoms with Crippen molar-refractivity contribution in [2.24, 2.45) is 0 Å². The molecule has 2 aliphatic heterocycles. The van der Waals surface area contributed by atoms with Crippen LogP contribution in [0.5, 0.6) is 0 Å². The smallest absolute Gasteiger partial charge is 0.161 e. The maximum atomic E-state index is 10.2. The first-order valence-corrected chi connectivity index (χ1v) is 7.61. The number of rotatable bonds is 5. The summed E-state index contributed by atoms with van der Waals surface area (Å²) in [5, 5.41) is 38.5. The number of aliphatic hydroxyl groups is 4. The van der Waals surface area contributed by atoms with Crippen molar-refractivity contribution in [1.82, 2.24) is 0 Å². The summed E-state index contributed by atoms with van der Waals surface area (Å²) in [5.41, 5.74) is 0. The molecule has 7 unspecified atom stereocenters. The van der Waals surface area contributed by atoms with Crippen LogP contribution in [0.15, 0.2) is 0 Å². The van der Waals surface area contributed by atoms with E-state index in [4.69, 9.17) is 19.3 Å². The van der Waals surface area contributed by atoms with Crippen LogP contribution in [0.1, 0.15) is 32.6 Å². The Morgan fingerprint density at radius 2 is 1.76 bits per heavy atom. The molecule has 0 saturated carbocycles. The summed E-state index contributed by atoms with van der Waals surface area (Å²) in [7, 11) is 0. The fraction of sp³-hybridized carbons (Fsp3) is 1.00. The first kappa shape index (κ1) is 17.1. The highest BCUT2D eigenvalue weighted by molar-refractivity contribution is 4.87. The zero-order valence-corrected chi connectivity index (χ0v) is 12.3. The molecule has 4 N–H and O–H groups in total. The highest BCUT2D eigenvalue weighted by atomic mass is 16.7. The van der Waals surface area contributed by atoms with E-state index in [1.807, 2.05) is 6.92 Å². The minimum atomic E-state index is -0.754. The van der Waals surface area contributed by atoms with E-state index in [1.165, 1.54) is 0 Å². The molecule has 0 aromatic heterocycles. The van der Waals surface area contributed by atoms with Crippen LogP contribution in [0, 0.1) is 0 Å². The van der Waals surface area contributed by atoms with Gasteiger partial charge in [0.2, 0.25) is 0 Å². The Hall–Kier alpha value is -0.280. The third-order valence-corrected chi connectivity index (χ3v) is 4.11. The van der Waals surface area contributed by atoms with Crippen molar-refractivity contribution in [3.05, 3.63) is 0 Å². The molecular weight excluding hydrogens is 280 g/mol. The molecule has 0 amide bonds. The summed E-state index contributed by atoms with van der Waals surface area (Å²) in [6.07, 6.45) is -2.15. The Morgan fingerprint density at radius 1 is 1.00 bits per heavy atom. The van der Waals surface area contributed by atoms with E-state index >= 15 is 0 Å². The van der Waals surface area contributed by atoms with Crippen molar-refractivity contribution in [3.8, 4) is 0 Å². The van der Waals surface area contributed by atoms with Gasteiger partial charge in [0, 0.05) is 19.3 Å². The quantitative estimate of drug-likeness (QED) is 0.524. The Morgan fingerprint density at radius 3 is 2.38 bits per heavy atom. The second-order valence-corrected chi connectivity index (χ2v) is 5.79. The number of hydrogen-bond donors (Lipinski definition) is 4. The van der Waals surface area contributed by atoms with Gasteiger partial charge in [-0.2, -0.15) is 0 Å². The van der Waals surface area contributed by atoms with Crippen LogP contribution in [0.2, 0.25) is 0 Å². The van der Waals surface area contributed by atoms with E-state index in [2.05, 4.69) is 0 Å². The fourth-order valence-electron chi connectivity index (χ4n) is 2.95. The molecule has 7 atom stereocenters. The third-order valence-electron chi connectivity index (χ3n) is 4.11. The standard InChI is InChI=1S/C14H26O7/c1-2-9-5-11(18)14(12(7-16)19-9)21-13-4-8(17)3-10(6-15)20-13/h8-18H,2-7H2,1H3. The summed E-state index contributed by atoms with van der Waals surface area (Å²) >= 11 is 0. The van der Waals surface area contributed by atoms with Crippen LogP contribution in [0.3, 0.4) is 0 Å². The van der Waals surface area contributed by atoms with Gasteiger partial charge in [0.25, 0.3) is 0 Å².